The van der Waals surface area contributed by atoms with Crippen molar-refractivity contribution in [2.75, 3.05) is 13.3 Å². The SMILES string of the molecule is NC/C=C/c1ccc2c(c1Cl)OCO2. The van der Waals surface area contributed by atoms with Crippen molar-refractivity contribution < 1.29 is 9.47 Å². The Morgan fingerprint density at radius 2 is 2.29 bits per heavy atom. The fourth-order valence-electron chi connectivity index (χ4n) is 1.28. The molecule has 1 heterocycles. The van der Waals surface area contributed by atoms with E-state index in [-0.39, 0.29) is 6.79 Å². The van der Waals surface area contributed by atoms with Gasteiger partial charge in [-0.25, -0.2) is 0 Å². The van der Waals surface area contributed by atoms with Gasteiger partial charge in [-0.15, -0.1) is 0 Å². The maximum Gasteiger partial charge on any atom is 0.231 e. The first-order valence-electron chi connectivity index (χ1n) is 4.27. The molecule has 3 nitrogen and oxygen atoms in total. The molecule has 2 rings (SSSR count). The second kappa shape index (κ2) is 3.90. The molecule has 1 aliphatic rings. The third kappa shape index (κ3) is 1.56. The zero-order chi connectivity index (χ0) is 9.97. The quantitative estimate of drug-likeness (QED) is 0.814. The van der Waals surface area contributed by atoms with Gasteiger partial charge in [-0.2, -0.15) is 0 Å². The number of rotatable bonds is 2. The van der Waals surface area contributed by atoms with Gasteiger partial charge >= 0.3 is 0 Å². The van der Waals surface area contributed by atoms with Crippen molar-refractivity contribution in [1.82, 2.24) is 0 Å². The minimum atomic E-state index is 0.235. The fraction of sp³-hybridized carbons (Fsp3) is 0.200. The molecule has 0 saturated heterocycles. The second-order valence-electron chi connectivity index (χ2n) is 2.84. The molecule has 0 saturated carbocycles. The summed E-state index contributed by atoms with van der Waals surface area (Å²) in [6.07, 6.45) is 3.70. The summed E-state index contributed by atoms with van der Waals surface area (Å²) >= 11 is 6.09. The van der Waals surface area contributed by atoms with Gasteiger partial charge in [0.25, 0.3) is 0 Å². The van der Waals surface area contributed by atoms with Gasteiger partial charge in [0.15, 0.2) is 11.5 Å². The molecule has 14 heavy (non-hydrogen) atoms. The maximum atomic E-state index is 6.09. The number of benzene rings is 1. The van der Waals surface area contributed by atoms with E-state index < -0.39 is 0 Å². The highest BCUT2D eigenvalue weighted by atomic mass is 35.5. The Morgan fingerprint density at radius 3 is 3.07 bits per heavy atom. The van der Waals surface area contributed by atoms with Crippen molar-refractivity contribution in [3.63, 3.8) is 0 Å². The molecule has 0 aromatic heterocycles. The van der Waals surface area contributed by atoms with Crippen molar-refractivity contribution in [1.29, 1.82) is 0 Å². The third-order valence-corrected chi connectivity index (χ3v) is 2.33. The normalized spacial score (nSPS) is 13.9. The molecule has 0 fully saturated rings. The van der Waals surface area contributed by atoms with Gasteiger partial charge < -0.3 is 15.2 Å². The zero-order valence-electron chi connectivity index (χ0n) is 7.50. The molecule has 1 aromatic rings. The Kier molecular flexibility index (Phi) is 2.61. The molecule has 0 unspecified atom stereocenters. The Bertz CT molecular complexity index is 377. The van der Waals surface area contributed by atoms with Crippen LogP contribution in [0.3, 0.4) is 0 Å². The molecule has 0 radical (unpaired) electrons. The standard InChI is InChI=1S/C10H10ClNO2/c11-9-7(2-1-5-12)3-4-8-10(9)14-6-13-8/h1-4H,5-6,12H2/b2-1+. The number of nitrogens with two attached hydrogens (primary N) is 1. The van der Waals surface area contributed by atoms with E-state index in [1.54, 1.807) is 0 Å². The van der Waals surface area contributed by atoms with E-state index in [1.807, 2.05) is 24.3 Å². The average molecular weight is 212 g/mol. The van der Waals surface area contributed by atoms with Crippen LogP contribution >= 0.6 is 11.6 Å². The van der Waals surface area contributed by atoms with Crippen molar-refractivity contribution in [2.24, 2.45) is 5.73 Å². The zero-order valence-corrected chi connectivity index (χ0v) is 8.25. The lowest BCUT2D eigenvalue weighted by Gasteiger charge is -2.02. The van der Waals surface area contributed by atoms with Crippen LogP contribution in [0.25, 0.3) is 6.08 Å². The maximum absolute atomic E-state index is 6.09. The molecule has 0 bridgehead atoms. The Hall–Kier alpha value is -1.19. The molecule has 0 atom stereocenters. The van der Waals surface area contributed by atoms with Crippen molar-refractivity contribution in [3.05, 3.63) is 28.8 Å². The Labute approximate surface area is 87.1 Å². The van der Waals surface area contributed by atoms with Gasteiger partial charge in [0.2, 0.25) is 6.79 Å². The summed E-state index contributed by atoms with van der Waals surface area (Å²) in [6, 6.07) is 3.71. The van der Waals surface area contributed by atoms with Gasteiger partial charge in [0.1, 0.15) is 0 Å². The number of hydrogen-bond donors (Lipinski definition) is 1. The largest absolute Gasteiger partial charge is 0.454 e. The summed E-state index contributed by atoms with van der Waals surface area (Å²) in [6.45, 7) is 0.726. The van der Waals surface area contributed by atoms with Gasteiger partial charge in [-0.05, 0) is 17.7 Å². The highest BCUT2D eigenvalue weighted by molar-refractivity contribution is 6.33. The predicted octanol–water partition coefficient (Wildman–Crippen LogP) is 2.04. The molecule has 0 spiro atoms. The number of ether oxygens (including phenoxy) is 2. The van der Waals surface area contributed by atoms with Crippen LogP contribution in [0.5, 0.6) is 11.5 Å². The number of halogens is 1. The molecule has 1 aliphatic heterocycles. The van der Waals surface area contributed by atoms with Crippen molar-refractivity contribution >= 4 is 17.7 Å². The van der Waals surface area contributed by atoms with Crippen LogP contribution < -0.4 is 15.2 Å². The topological polar surface area (TPSA) is 44.5 Å². The lowest BCUT2D eigenvalue weighted by atomic mass is 10.2. The van der Waals surface area contributed by atoms with Gasteiger partial charge in [-0.1, -0.05) is 23.8 Å². The van der Waals surface area contributed by atoms with E-state index in [1.165, 1.54) is 0 Å². The third-order valence-electron chi connectivity index (χ3n) is 1.94. The van der Waals surface area contributed by atoms with Crippen LogP contribution in [-0.2, 0) is 0 Å². The van der Waals surface area contributed by atoms with E-state index in [0.717, 1.165) is 5.56 Å². The first-order valence-corrected chi connectivity index (χ1v) is 4.65. The van der Waals surface area contributed by atoms with E-state index in [9.17, 15) is 0 Å². The Balaban J connectivity index is 2.39. The molecule has 74 valence electrons. The summed E-state index contributed by atoms with van der Waals surface area (Å²) in [4.78, 5) is 0. The van der Waals surface area contributed by atoms with Gasteiger partial charge in [0.05, 0.1) is 5.02 Å². The monoisotopic (exact) mass is 211 g/mol. The lowest BCUT2D eigenvalue weighted by molar-refractivity contribution is 0.174. The predicted molar refractivity (Wildman–Crippen MR) is 55.7 cm³/mol. The molecule has 4 heteroatoms. The van der Waals surface area contributed by atoms with Crippen LogP contribution in [0.1, 0.15) is 5.56 Å². The van der Waals surface area contributed by atoms with E-state index in [2.05, 4.69) is 0 Å². The average Bonchev–Trinajstić information content (AvgIpc) is 2.66. The van der Waals surface area contributed by atoms with Gasteiger partial charge in [-0.3, -0.25) is 0 Å². The number of fused-ring (bicyclic) bond motifs is 1. The Morgan fingerprint density at radius 1 is 1.43 bits per heavy atom. The first kappa shape index (κ1) is 9.37. The van der Waals surface area contributed by atoms with Crippen LogP contribution in [0, 0.1) is 0 Å². The second-order valence-corrected chi connectivity index (χ2v) is 3.22. The van der Waals surface area contributed by atoms with Crippen LogP contribution in [-0.4, -0.2) is 13.3 Å². The highest BCUT2D eigenvalue weighted by Gasteiger charge is 2.18. The van der Waals surface area contributed by atoms with Crippen LogP contribution in [0.4, 0.5) is 0 Å². The molecular weight excluding hydrogens is 202 g/mol. The van der Waals surface area contributed by atoms with E-state index in [0.29, 0.717) is 23.1 Å². The summed E-state index contributed by atoms with van der Waals surface area (Å²) < 4.78 is 10.4. The summed E-state index contributed by atoms with van der Waals surface area (Å²) in [5.74, 6) is 1.31. The smallest absolute Gasteiger partial charge is 0.231 e. The van der Waals surface area contributed by atoms with Crippen LogP contribution in [0.2, 0.25) is 5.02 Å². The summed E-state index contributed by atoms with van der Waals surface area (Å²) in [5.41, 5.74) is 6.24. The van der Waals surface area contributed by atoms with Crippen molar-refractivity contribution in [2.45, 2.75) is 0 Å². The minimum absolute atomic E-state index is 0.235. The molecule has 0 aliphatic carbocycles. The lowest BCUT2D eigenvalue weighted by Crippen LogP contribution is -1.93. The van der Waals surface area contributed by atoms with Crippen LogP contribution in [0.15, 0.2) is 18.2 Å². The van der Waals surface area contributed by atoms with Crippen molar-refractivity contribution in [3.8, 4) is 11.5 Å². The van der Waals surface area contributed by atoms with E-state index in [4.69, 9.17) is 26.8 Å². The minimum Gasteiger partial charge on any atom is -0.454 e. The van der Waals surface area contributed by atoms with Gasteiger partial charge in [0, 0.05) is 6.54 Å². The molecule has 0 amide bonds. The molecule has 1 aromatic carbocycles. The highest BCUT2D eigenvalue weighted by Crippen LogP contribution is 2.41. The first-order chi connectivity index (χ1) is 6.83. The summed E-state index contributed by atoms with van der Waals surface area (Å²) in [7, 11) is 0. The molecule has 2 N–H and O–H groups in total. The fourth-order valence-corrected chi connectivity index (χ4v) is 1.55. The molecular formula is C10H10ClNO2. The summed E-state index contributed by atoms with van der Waals surface area (Å²) in [5, 5.41) is 0.574. The van der Waals surface area contributed by atoms with E-state index >= 15 is 0 Å². The number of hydrogen-bond acceptors (Lipinski definition) is 3.